The normalized spacial score (nSPS) is 15.8. The second-order valence-corrected chi connectivity index (χ2v) is 4.94. The minimum absolute atomic E-state index is 0.812. The summed E-state index contributed by atoms with van der Waals surface area (Å²) in [6.45, 7) is 3.47. The molecular weight excluding hydrogens is 208 g/mol. The van der Waals surface area contributed by atoms with Gasteiger partial charge >= 0.3 is 0 Å². The largest absolute Gasteiger partial charge is 0.374 e. The van der Waals surface area contributed by atoms with E-state index < -0.39 is 0 Å². The number of nitrogens with one attached hydrogen (secondary N) is 1. The fraction of sp³-hybridized carbons (Fsp3) is 0.333. The molecule has 1 N–H and O–H groups in total. The Labute approximate surface area is 102 Å². The van der Waals surface area contributed by atoms with Crippen molar-refractivity contribution in [3.8, 4) is 0 Å². The lowest BCUT2D eigenvalue weighted by atomic mass is 10.0. The standard InChI is InChI=1S/C15H18N2/c1-17(11-12-9-16-10-12)15-7-6-13-4-2-3-5-14(13)8-15/h2-8,12,16H,9-11H2,1H3. The highest BCUT2D eigenvalue weighted by atomic mass is 15.1. The topological polar surface area (TPSA) is 15.3 Å². The number of anilines is 1. The maximum Gasteiger partial charge on any atom is 0.0370 e. The molecule has 0 aromatic heterocycles. The van der Waals surface area contributed by atoms with Gasteiger partial charge in [0.15, 0.2) is 0 Å². The van der Waals surface area contributed by atoms with Crippen LogP contribution in [0.15, 0.2) is 42.5 Å². The zero-order chi connectivity index (χ0) is 11.7. The number of nitrogens with zero attached hydrogens (tertiary/aromatic N) is 1. The summed E-state index contributed by atoms with van der Waals surface area (Å²) in [6.07, 6.45) is 0. The molecule has 0 atom stereocenters. The van der Waals surface area contributed by atoms with Gasteiger partial charge in [-0.1, -0.05) is 30.3 Å². The minimum atomic E-state index is 0.812. The first-order chi connectivity index (χ1) is 8.33. The van der Waals surface area contributed by atoms with Gasteiger partial charge in [0, 0.05) is 38.3 Å². The first-order valence-corrected chi connectivity index (χ1v) is 6.23. The van der Waals surface area contributed by atoms with Crippen LogP contribution in [-0.4, -0.2) is 26.7 Å². The maximum atomic E-state index is 3.32. The lowest BCUT2D eigenvalue weighted by molar-refractivity contribution is 0.353. The molecule has 1 aliphatic heterocycles. The van der Waals surface area contributed by atoms with Gasteiger partial charge in [0.25, 0.3) is 0 Å². The Morgan fingerprint density at radius 3 is 2.59 bits per heavy atom. The van der Waals surface area contributed by atoms with Gasteiger partial charge in [0.05, 0.1) is 0 Å². The highest BCUT2D eigenvalue weighted by Crippen LogP contribution is 2.22. The predicted molar refractivity (Wildman–Crippen MR) is 73.6 cm³/mol. The van der Waals surface area contributed by atoms with Crippen LogP contribution >= 0.6 is 0 Å². The second kappa shape index (κ2) is 4.38. The molecule has 17 heavy (non-hydrogen) atoms. The molecule has 88 valence electrons. The Hall–Kier alpha value is -1.54. The Morgan fingerprint density at radius 2 is 1.88 bits per heavy atom. The van der Waals surface area contributed by atoms with Crippen molar-refractivity contribution in [2.75, 3.05) is 31.6 Å². The summed E-state index contributed by atoms with van der Waals surface area (Å²) in [6, 6.07) is 15.2. The number of rotatable bonds is 3. The molecule has 3 rings (SSSR count). The molecule has 0 saturated carbocycles. The number of benzene rings is 2. The Kier molecular flexibility index (Phi) is 2.73. The van der Waals surface area contributed by atoms with Crippen LogP contribution in [0.3, 0.4) is 0 Å². The van der Waals surface area contributed by atoms with Crippen LogP contribution in [0.25, 0.3) is 10.8 Å². The second-order valence-electron chi connectivity index (χ2n) is 4.94. The third-order valence-corrected chi connectivity index (χ3v) is 3.57. The molecule has 0 spiro atoms. The Morgan fingerprint density at radius 1 is 1.12 bits per heavy atom. The summed E-state index contributed by atoms with van der Waals surface area (Å²) >= 11 is 0. The van der Waals surface area contributed by atoms with Crippen LogP contribution in [0, 0.1) is 5.92 Å². The van der Waals surface area contributed by atoms with Crippen molar-refractivity contribution < 1.29 is 0 Å². The van der Waals surface area contributed by atoms with Crippen molar-refractivity contribution in [2.24, 2.45) is 5.92 Å². The molecule has 0 radical (unpaired) electrons. The summed E-state index contributed by atoms with van der Waals surface area (Å²) in [5.41, 5.74) is 1.32. The summed E-state index contributed by atoms with van der Waals surface area (Å²) in [7, 11) is 2.18. The predicted octanol–water partition coefficient (Wildman–Crippen LogP) is 2.50. The van der Waals surface area contributed by atoms with E-state index in [2.05, 4.69) is 59.7 Å². The molecule has 0 aliphatic carbocycles. The lowest BCUT2D eigenvalue weighted by Crippen LogP contribution is -2.47. The summed E-state index contributed by atoms with van der Waals surface area (Å²) in [5, 5.41) is 5.96. The third kappa shape index (κ3) is 2.13. The van der Waals surface area contributed by atoms with Crippen LogP contribution in [-0.2, 0) is 0 Å². The lowest BCUT2D eigenvalue weighted by Gasteiger charge is -2.32. The van der Waals surface area contributed by atoms with E-state index in [1.165, 1.54) is 16.5 Å². The maximum absolute atomic E-state index is 3.32. The molecular formula is C15H18N2. The first-order valence-electron chi connectivity index (χ1n) is 6.23. The third-order valence-electron chi connectivity index (χ3n) is 3.57. The Balaban J connectivity index is 1.83. The van der Waals surface area contributed by atoms with Gasteiger partial charge in [0.2, 0.25) is 0 Å². The zero-order valence-corrected chi connectivity index (χ0v) is 10.2. The van der Waals surface area contributed by atoms with Crippen molar-refractivity contribution in [2.45, 2.75) is 0 Å². The van der Waals surface area contributed by atoms with Crippen LogP contribution < -0.4 is 10.2 Å². The molecule has 1 aliphatic rings. The monoisotopic (exact) mass is 226 g/mol. The van der Waals surface area contributed by atoms with Gasteiger partial charge in [-0.05, 0) is 22.9 Å². The van der Waals surface area contributed by atoms with Crippen LogP contribution in [0.5, 0.6) is 0 Å². The SMILES string of the molecule is CN(CC1CNC1)c1ccc2ccccc2c1. The highest BCUT2D eigenvalue weighted by Gasteiger charge is 2.18. The molecule has 0 amide bonds. The molecule has 0 unspecified atom stereocenters. The van der Waals surface area contributed by atoms with Crippen LogP contribution in [0.2, 0.25) is 0 Å². The van der Waals surface area contributed by atoms with E-state index in [4.69, 9.17) is 0 Å². The average molecular weight is 226 g/mol. The fourth-order valence-corrected chi connectivity index (χ4v) is 2.38. The summed E-state index contributed by atoms with van der Waals surface area (Å²) in [5.74, 6) is 0.812. The van der Waals surface area contributed by atoms with E-state index in [0.29, 0.717) is 0 Å². The van der Waals surface area contributed by atoms with Crippen molar-refractivity contribution in [3.63, 3.8) is 0 Å². The number of hydrogen-bond donors (Lipinski definition) is 1. The van der Waals surface area contributed by atoms with Gasteiger partial charge < -0.3 is 10.2 Å². The molecule has 0 bridgehead atoms. The fourth-order valence-electron chi connectivity index (χ4n) is 2.38. The Bertz CT molecular complexity index is 517. The molecule has 1 fully saturated rings. The van der Waals surface area contributed by atoms with Gasteiger partial charge in [-0.25, -0.2) is 0 Å². The van der Waals surface area contributed by atoms with Gasteiger partial charge in [-0.3, -0.25) is 0 Å². The van der Waals surface area contributed by atoms with Crippen LogP contribution in [0.1, 0.15) is 0 Å². The first kappa shape index (κ1) is 10.6. The molecule has 2 aromatic carbocycles. The number of fused-ring (bicyclic) bond motifs is 1. The highest BCUT2D eigenvalue weighted by molar-refractivity contribution is 5.85. The van der Waals surface area contributed by atoms with Gasteiger partial charge in [-0.2, -0.15) is 0 Å². The van der Waals surface area contributed by atoms with E-state index >= 15 is 0 Å². The van der Waals surface area contributed by atoms with E-state index in [9.17, 15) is 0 Å². The molecule has 2 heteroatoms. The van der Waals surface area contributed by atoms with Crippen molar-refractivity contribution >= 4 is 16.5 Å². The molecule has 1 heterocycles. The average Bonchev–Trinajstić information content (AvgIpc) is 2.33. The van der Waals surface area contributed by atoms with Crippen molar-refractivity contribution in [1.82, 2.24) is 5.32 Å². The quantitative estimate of drug-likeness (QED) is 0.865. The van der Waals surface area contributed by atoms with E-state index in [-0.39, 0.29) is 0 Å². The summed E-state index contributed by atoms with van der Waals surface area (Å²) in [4.78, 5) is 2.36. The van der Waals surface area contributed by atoms with Crippen molar-refractivity contribution in [3.05, 3.63) is 42.5 Å². The zero-order valence-electron chi connectivity index (χ0n) is 10.2. The van der Waals surface area contributed by atoms with E-state index in [1.807, 2.05) is 0 Å². The van der Waals surface area contributed by atoms with E-state index in [1.54, 1.807) is 0 Å². The molecule has 2 nitrogen and oxygen atoms in total. The van der Waals surface area contributed by atoms with Gasteiger partial charge in [0.1, 0.15) is 0 Å². The van der Waals surface area contributed by atoms with Gasteiger partial charge in [-0.15, -0.1) is 0 Å². The smallest absolute Gasteiger partial charge is 0.0370 e. The van der Waals surface area contributed by atoms with E-state index in [0.717, 1.165) is 25.6 Å². The molecule has 2 aromatic rings. The minimum Gasteiger partial charge on any atom is -0.374 e. The van der Waals surface area contributed by atoms with Crippen molar-refractivity contribution in [1.29, 1.82) is 0 Å². The summed E-state index contributed by atoms with van der Waals surface area (Å²) < 4.78 is 0. The molecule has 1 saturated heterocycles. The van der Waals surface area contributed by atoms with Crippen LogP contribution in [0.4, 0.5) is 5.69 Å². The number of hydrogen-bond acceptors (Lipinski definition) is 2.